The van der Waals surface area contributed by atoms with Crippen LogP contribution >= 0.6 is 0 Å². The van der Waals surface area contributed by atoms with Gasteiger partial charge in [0, 0.05) is 11.6 Å². The van der Waals surface area contributed by atoms with Crippen molar-refractivity contribution < 1.29 is 18.8 Å². The molecule has 134 valence electrons. The molecule has 2 aromatic heterocycles. The Morgan fingerprint density at radius 3 is 2.69 bits per heavy atom. The van der Waals surface area contributed by atoms with Crippen molar-refractivity contribution in [3.8, 4) is 0 Å². The van der Waals surface area contributed by atoms with E-state index in [1.165, 1.54) is 17.7 Å². The maximum atomic E-state index is 12.7. The van der Waals surface area contributed by atoms with E-state index in [4.69, 9.17) is 4.52 Å². The van der Waals surface area contributed by atoms with Gasteiger partial charge in [-0.2, -0.15) is 0 Å². The molecule has 0 aliphatic heterocycles. The Morgan fingerprint density at radius 1 is 1.27 bits per heavy atom. The summed E-state index contributed by atoms with van der Waals surface area (Å²) >= 11 is 0. The number of benzene rings is 1. The first-order valence-electron chi connectivity index (χ1n) is 7.71. The SMILES string of the molecule is COC(=O)Cn1c(C)nc2ccc(C(=O)Nc3cc(C)on3)cc2c1=O. The highest BCUT2D eigenvalue weighted by Crippen LogP contribution is 2.14. The number of aromatic nitrogens is 3. The topological polar surface area (TPSA) is 116 Å². The van der Waals surface area contributed by atoms with Gasteiger partial charge in [0.15, 0.2) is 5.82 Å². The number of methoxy groups -OCH3 is 1. The summed E-state index contributed by atoms with van der Waals surface area (Å²) in [6.07, 6.45) is 0. The van der Waals surface area contributed by atoms with Crippen molar-refractivity contribution in [2.24, 2.45) is 0 Å². The number of amides is 1. The van der Waals surface area contributed by atoms with Crippen molar-refractivity contribution in [3.05, 3.63) is 51.8 Å². The van der Waals surface area contributed by atoms with Gasteiger partial charge in [-0.1, -0.05) is 5.16 Å². The van der Waals surface area contributed by atoms with Crippen LogP contribution in [0.5, 0.6) is 0 Å². The Morgan fingerprint density at radius 2 is 2.04 bits per heavy atom. The van der Waals surface area contributed by atoms with Gasteiger partial charge in [-0.25, -0.2) is 4.98 Å². The van der Waals surface area contributed by atoms with Crippen molar-refractivity contribution >= 4 is 28.6 Å². The average Bonchev–Trinajstić information content (AvgIpc) is 3.02. The van der Waals surface area contributed by atoms with Gasteiger partial charge in [-0.15, -0.1) is 0 Å². The fourth-order valence-corrected chi connectivity index (χ4v) is 2.47. The van der Waals surface area contributed by atoms with Gasteiger partial charge in [-0.05, 0) is 32.0 Å². The predicted molar refractivity (Wildman–Crippen MR) is 91.9 cm³/mol. The molecule has 2 heterocycles. The van der Waals surface area contributed by atoms with Crippen molar-refractivity contribution in [1.29, 1.82) is 0 Å². The summed E-state index contributed by atoms with van der Waals surface area (Å²) < 4.78 is 10.7. The zero-order valence-electron chi connectivity index (χ0n) is 14.4. The smallest absolute Gasteiger partial charge is 0.325 e. The van der Waals surface area contributed by atoms with Crippen LogP contribution in [-0.4, -0.2) is 33.7 Å². The molecule has 0 spiro atoms. The fourth-order valence-electron chi connectivity index (χ4n) is 2.47. The maximum absolute atomic E-state index is 12.7. The van der Waals surface area contributed by atoms with Crippen LogP contribution in [0.4, 0.5) is 5.82 Å². The van der Waals surface area contributed by atoms with Crippen molar-refractivity contribution in [2.45, 2.75) is 20.4 Å². The molecule has 3 rings (SSSR count). The largest absolute Gasteiger partial charge is 0.468 e. The number of rotatable bonds is 4. The van der Waals surface area contributed by atoms with Crippen LogP contribution in [0, 0.1) is 13.8 Å². The number of anilines is 1. The minimum absolute atomic E-state index is 0.225. The van der Waals surface area contributed by atoms with Crippen LogP contribution in [0.3, 0.4) is 0 Å². The second-order valence-corrected chi connectivity index (χ2v) is 5.64. The summed E-state index contributed by atoms with van der Waals surface area (Å²) in [5.41, 5.74) is 0.262. The molecule has 0 fully saturated rings. The summed E-state index contributed by atoms with van der Waals surface area (Å²) in [4.78, 5) is 40.9. The molecule has 3 aromatic rings. The Bertz CT molecular complexity index is 1070. The highest BCUT2D eigenvalue weighted by atomic mass is 16.5. The number of carbonyl (C=O) groups is 2. The molecule has 1 amide bonds. The minimum Gasteiger partial charge on any atom is -0.468 e. The monoisotopic (exact) mass is 356 g/mol. The van der Waals surface area contributed by atoms with Gasteiger partial charge < -0.3 is 14.6 Å². The van der Waals surface area contributed by atoms with Crippen LogP contribution in [0.2, 0.25) is 0 Å². The zero-order valence-corrected chi connectivity index (χ0v) is 14.4. The summed E-state index contributed by atoms with van der Waals surface area (Å²) in [5.74, 6) is 0.205. The molecule has 0 radical (unpaired) electrons. The lowest BCUT2D eigenvalue weighted by Crippen LogP contribution is -2.28. The molecule has 26 heavy (non-hydrogen) atoms. The number of aryl methyl sites for hydroxylation is 2. The first kappa shape index (κ1) is 17.3. The number of ether oxygens (including phenoxy) is 1. The highest BCUT2D eigenvalue weighted by molar-refractivity contribution is 6.05. The minimum atomic E-state index is -0.563. The Balaban J connectivity index is 2.00. The second kappa shape index (κ2) is 6.79. The molecule has 1 aromatic carbocycles. The molecule has 0 bridgehead atoms. The van der Waals surface area contributed by atoms with E-state index in [1.807, 2.05) is 0 Å². The normalized spacial score (nSPS) is 10.7. The van der Waals surface area contributed by atoms with Gasteiger partial charge in [0.2, 0.25) is 0 Å². The Kier molecular flexibility index (Phi) is 4.53. The van der Waals surface area contributed by atoms with E-state index in [-0.39, 0.29) is 23.3 Å². The molecule has 1 N–H and O–H groups in total. The van der Waals surface area contributed by atoms with E-state index in [0.29, 0.717) is 17.1 Å². The van der Waals surface area contributed by atoms with E-state index in [1.54, 1.807) is 32.0 Å². The van der Waals surface area contributed by atoms with Gasteiger partial charge >= 0.3 is 5.97 Å². The number of esters is 1. The fraction of sp³-hybridized carbons (Fsp3) is 0.235. The highest BCUT2D eigenvalue weighted by Gasteiger charge is 2.15. The number of fused-ring (bicyclic) bond motifs is 1. The third-order valence-electron chi connectivity index (χ3n) is 3.79. The quantitative estimate of drug-likeness (QED) is 0.703. The number of nitrogens with one attached hydrogen (secondary N) is 1. The maximum Gasteiger partial charge on any atom is 0.325 e. The number of nitrogens with zero attached hydrogens (tertiary/aromatic N) is 3. The molecule has 0 aliphatic carbocycles. The predicted octanol–water partition coefficient (Wildman–Crippen LogP) is 1.43. The second-order valence-electron chi connectivity index (χ2n) is 5.64. The van der Waals surface area contributed by atoms with Gasteiger partial charge in [-0.3, -0.25) is 19.0 Å². The van der Waals surface area contributed by atoms with E-state index < -0.39 is 17.4 Å². The molecule has 9 nitrogen and oxygen atoms in total. The molecule has 0 aliphatic rings. The van der Waals surface area contributed by atoms with E-state index in [0.717, 1.165) is 0 Å². The van der Waals surface area contributed by atoms with E-state index in [9.17, 15) is 14.4 Å². The first-order valence-corrected chi connectivity index (χ1v) is 7.71. The van der Waals surface area contributed by atoms with Gasteiger partial charge in [0.05, 0.1) is 18.0 Å². The Hall–Kier alpha value is -3.49. The lowest BCUT2D eigenvalue weighted by molar-refractivity contribution is -0.141. The first-order chi connectivity index (χ1) is 12.4. The lowest BCUT2D eigenvalue weighted by Gasteiger charge is -2.10. The molecule has 0 unspecified atom stereocenters. The average molecular weight is 356 g/mol. The summed E-state index contributed by atoms with van der Waals surface area (Å²) in [6.45, 7) is 3.08. The number of hydrogen-bond acceptors (Lipinski definition) is 7. The number of hydrogen-bond donors (Lipinski definition) is 1. The molecule has 0 atom stereocenters. The van der Waals surface area contributed by atoms with Crippen LogP contribution in [0.25, 0.3) is 10.9 Å². The van der Waals surface area contributed by atoms with Crippen molar-refractivity contribution in [2.75, 3.05) is 12.4 Å². The summed E-state index contributed by atoms with van der Waals surface area (Å²) in [6, 6.07) is 6.14. The van der Waals surface area contributed by atoms with Crippen LogP contribution in [0.15, 0.2) is 33.6 Å². The molecular weight excluding hydrogens is 340 g/mol. The standard InChI is InChI=1S/C17H16N4O5/c1-9-6-14(20-26-9)19-16(23)11-4-5-13-12(7-11)17(24)21(10(2)18-13)8-15(22)25-3/h4-7H,8H2,1-3H3,(H,19,20,23). The van der Waals surface area contributed by atoms with E-state index >= 15 is 0 Å². The lowest BCUT2D eigenvalue weighted by atomic mass is 10.1. The number of carbonyl (C=O) groups excluding carboxylic acids is 2. The Labute approximate surface area is 147 Å². The summed E-state index contributed by atoms with van der Waals surface area (Å²) in [7, 11) is 1.24. The van der Waals surface area contributed by atoms with Crippen LogP contribution in [0.1, 0.15) is 21.9 Å². The third-order valence-corrected chi connectivity index (χ3v) is 3.79. The van der Waals surface area contributed by atoms with Crippen LogP contribution < -0.4 is 10.9 Å². The zero-order chi connectivity index (χ0) is 18.8. The molecular formula is C17H16N4O5. The van der Waals surface area contributed by atoms with Crippen molar-refractivity contribution in [1.82, 2.24) is 14.7 Å². The van der Waals surface area contributed by atoms with Crippen LogP contribution in [-0.2, 0) is 16.1 Å². The third kappa shape index (κ3) is 3.32. The van der Waals surface area contributed by atoms with Gasteiger partial charge in [0.25, 0.3) is 11.5 Å². The molecule has 9 heteroatoms. The van der Waals surface area contributed by atoms with E-state index in [2.05, 4.69) is 20.2 Å². The molecule has 0 saturated carbocycles. The molecule has 0 saturated heterocycles. The van der Waals surface area contributed by atoms with Crippen molar-refractivity contribution in [3.63, 3.8) is 0 Å². The summed E-state index contributed by atoms with van der Waals surface area (Å²) in [5, 5.41) is 6.50. The van der Waals surface area contributed by atoms with Gasteiger partial charge in [0.1, 0.15) is 18.1 Å².